The predicted molar refractivity (Wildman–Crippen MR) is 73.0 cm³/mol. The molecule has 6 heteroatoms. The number of rotatable bonds is 4. The van der Waals surface area contributed by atoms with Crippen LogP contribution < -0.4 is 10.2 Å². The lowest BCUT2D eigenvalue weighted by molar-refractivity contribution is 0.198. The van der Waals surface area contributed by atoms with Crippen molar-refractivity contribution < 1.29 is 5.11 Å². The molecule has 0 saturated carbocycles. The summed E-state index contributed by atoms with van der Waals surface area (Å²) in [6.07, 6.45) is 4.01. The van der Waals surface area contributed by atoms with E-state index in [1.54, 1.807) is 6.33 Å². The number of H-pyrrole nitrogens is 1. The number of nitrogens with zero attached hydrogens (tertiary/aromatic N) is 3. The van der Waals surface area contributed by atoms with E-state index in [2.05, 4.69) is 25.2 Å². The summed E-state index contributed by atoms with van der Waals surface area (Å²) in [5.41, 5.74) is 1.11. The highest BCUT2D eigenvalue weighted by Gasteiger charge is 2.21. The molecular formula is C13H17N5O. The average Bonchev–Trinajstić information content (AvgIpc) is 3.08. The first-order valence-corrected chi connectivity index (χ1v) is 6.42. The van der Waals surface area contributed by atoms with Crippen LogP contribution in [0.3, 0.4) is 0 Å². The van der Waals surface area contributed by atoms with Crippen LogP contribution in [-0.4, -0.2) is 39.3 Å². The molecule has 0 bridgehead atoms. The lowest BCUT2D eigenvalue weighted by Crippen LogP contribution is -2.22. The number of anilines is 2. The third-order valence-electron chi connectivity index (χ3n) is 3.26. The van der Waals surface area contributed by atoms with E-state index in [1.165, 1.54) is 0 Å². The molecule has 0 aliphatic carbocycles. The van der Waals surface area contributed by atoms with Gasteiger partial charge in [-0.1, -0.05) is 0 Å². The Morgan fingerprint density at radius 2 is 2.42 bits per heavy atom. The molecule has 100 valence electrons. The second-order valence-corrected chi connectivity index (χ2v) is 4.70. The van der Waals surface area contributed by atoms with Crippen LogP contribution in [0, 0.1) is 0 Å². The molecule has 2 aromatic heterocycles. The second kappa shape index (κ2) is 5.27. The summed E-state index contributed by atoms with van der Waals surface area (Å²) in [7, 11) is 0. The highest BCUT2D eigenvalue weighted by Crippen LogP contribution is 2.19. The van der Waals surface area contributed by atoms with Crippen LogP contribution in [0.1, 0.15) is 12.1 Å². The number of β-amino-alcohol motifs (C(OH)–C–C–N with tert-alkyl or cyclic N) is 1. The lowest BCUT2D eigenvalue weighted by atomic mass is 10.3. The summed E-state index contributed by atoms with van der Waals surface area (Å²) >= 11 is 0. The molecule has 1 aliphatic heterocycles. The normalized spacial score (nSPS) is 18.8. The number of nitrogens with one attached hydrogen (secondary N) is 2. The second-order valence-electron chi connectivity index (χ2n) is 4.70. The number of hydrogen-bond donors (Lipinski definition) is 3. The smallest absolute Gasteiger partial charge is 0.134 e. The fraction of sp³-hybridized carbons (Fsp3) is 0.385. The molecule has 6 nitrogen and oxygen atoms in total. The Hall–Kier alpha value is -2.08. The van der Waals surface area contributed by atoms with Crippen LogP contribution >= 0.6 is 0 Å². The fourth-order valence-electron chi connectivity index (χ4n) is 2.23. The summed E-state index contributed by atoms with van der Waals surface area (Å²) < 4.78 is 0. The molecule has 0 amide bonds. The van der Waals surface area contributed by atoms with Crippen LogP contribution in [0.25, 0.3) is 0 Å². The maximum Gasteiger partial charge on any atom is 0.134 e. The minimum absolute atomic E-state index is 0.245. The minimum atomic E-state index is -0.245. The molecule has 1 atom stereocenters. The first-order valence-electron chi connectivity index (χ1n) is 6.42. The highest BCUT2D eigenvalue weighted by atomic mass is 16.3. The minimum Gasteiger partial charge on any atom is -0.391 e. The number of aromatic nitrogens is 3. The Morgan fingerprint density at radius 3 is 3.16 bits per heavy atom. The summed E-state index contributed by atoms with van der Waals surface area (Å²) in [6.45, 7) is 2.19. The zero-order chi connectivity index (χ0) is 13.1. The number of aliphatic hydroxyl groups is 1. The predicted octanol–water partition coefficient (Wildman–Crippen LogP) is 0.988. The van der Waals surface area contributed by atoms with Crippen molar-refractivity contribution >= 4 is 11.6 Å². The van der Waals surface area contributed by atoms with Gasteiger partial charge in [-0.2, -0.15) is 0 Å². The van der Waals surface area contributed by atoms with E-state index in [0.717, 1.165) is 30.3 Å². The molecular weight excluding hydrogens is 242 g/mol. The van der Waals surface area contributed by atoms with Crippen molar-refractivity contribution in [1.29, 1.82) is 0 Å². The van der Waals surface area contributed by atoms with Crippen molar-refractivity contribution in [1.82, 2.24) is 15.0 Å². The standard InChI is InChI=1S/C13H17N5O/c19-11-3-5-18(8-11)13-6-12(16-9-17-13)15-7-10-2-1-4-14-10/h1-2,4,6,9,11,14,19H,3,5,7-8H2,(H,15,16,17). The van der Waals surface area contributed by atoms with Gasteiger partial charge in [-0.3, -0.25) is 0 Å². The summed E-state index contributed by atoms with van der Waals surface area (Å²) in [5, 5.41) is 12.8. The molecule has 3 heterocycles. The Labute approximate surface area is 111 Å². The Morgan fingerprint density at radius 1 is 1.47 bits per heavy atom. The third kappa shape index (κ3) is 2.85. The van der Waals surface area contributed by atoms with E-state index in [4.69, 9.17) is 0 Å². The molecule has 2 aromatic rings. The van der Waals surface area contributed by atoms with Crippen molar-refractivity contribution in [2.45, 2.75) is 19.1 Å². The Kier molecular flexibility index (Phi) is 3.33. The van der Waals surface area contributed by atoms with Crippen LogP contribution in [0.4, 0.5) is 11.6 Å². The quantitative estimate of drug-likeness (QED) is 0.763. The van der Waals surface area contributed by atoms with E-state index in [9.17, 15) is 5.11 Å². The van der Waals surface area contributed by atoms with Crippen LogP contribution in [-0.2, 0) is 6.54 Å². The lowest BCUT2D eigenvalue weighted by Gasteiger charge is -2.16. The summed E-state index contributed by atoms with van der Waals surface area (Å²) in [6, 6.07) is 5.90. The average molecular weight is 259 g/mol. The number of hydrogen-bond acceptors (Lipinski definition) is 5. The molecule has 1 fully saturated rings. The maximum atomic E-state index is 9.55. The van der Waals surface area contributed by atoms with E-state index in [0.29, 0.717) is 13.1 Å². The molecule has 0 spiro atoms. The van der Waals surface area contributed by atoms with Crippen molar-refractivity contribution in [3.63, 3.8) is 0 Å². The van der Waals surface area contributed by atoms with Crippen LogP contribution in [0.5, 0.6) is 0 Å². The SMILES string of the molecule is OC1CCN(c2cc(NCc3ccc[nH]3)ncn2)C1. The topological polar surface area (TPSA) is 77.1 Å². The first-order chi connectivity index (χ1) is 9.31. The van der Waals surface area contributed by atoms with E-state index < -0.39 is 0 Å². The van der Waals surface area contributed by atoms with E-state index >= 15 is 0 Å². The van der Waals surface area contributed by atoms with Crippen molar-refractivity contribution in [3.05, 3.63) is 36.4 Å². The zero-order valence-corrected chi connectivity index (χ0v) is 10.6. The molecule has 0 aromatic carbocycles. The van der Waals surface area contributed by atoms with Gasteiger partial charge in [0, 0.05) is 31.0 Å². The number of aromatic amines is 1. The van der Waals surface area contributed by atoms with Gasteiger partial charge in [0.2, 0.25) is 0 Å². The highest BCUT2D eigenvalue weighted by molar-refractivity contribution is 5.49. The Bertz CT molecular complexity index is 528. The molecule has 3 N–H and O–H groups in total. The summed E-state index contributed by atoms with van der Waals surface area (Å²) in [5.74, 6) is 1.65. The van der Waals surface area contributed by atoms with Gasteiger partial charge in [-0.25, -0.2) is 9.97 Å². The number of aliphatic hydroxyl groups excluding tert-OH is 1. The molecule has 0 radical (unpaired) electrons. The molecule has 19 heavy (non-hydrogen) atoms. The fourth-order valence-corrected chi connectivity index (χ4v) is 2.23. The van der Waals surface area contributed by atoms with Gasteiger partial charge in [0.05, 0.1) is 12.6 Å². The van der Waals surface area contributed by atoms with Gasteiger partial charge < -0.3 is 20.3 Å². The molecule has 1 unspecified atom stereocenters. The first kappa shape index (κ1) is 12.0. The van der Waals surface area contributed by atoms with Crippen molar-refractivity contribution in [3.8, 4) is 0 Å². The van der Waals surface area contributed by atoms with Crippen molar-refractivity contribution in [2.24, 2.45) is 0 Å². The monoisotopic (exact) mass is 259 g/mol. The Balaban J connectivity index is 1.66. The molecule has 1 aliphatic rings. The third-order valence-corrected chi connectivity index (χ3v) is 3.26. The maximum absolute atomic E-state index is 9.55. The van der Waals surface area contributed by atoms with Gasteiger partial charge in [-0.05, 0) is 18.6 Å². The zero-order valence-electron chi connectivity index (χ0n) is 10.6. The van der Waals surface area contributed by atoms with Gasteiger partial charge >= 0.3 is 0 Å². The van der Waals surface area contributed by atoms with E-state index in [-0.39, 0.29) is 6.10 Å². The molecule has 1 saturated heterocycles. The van der Waals surface area contributed by atoms with Crippen molar-refractivity contribution in [2.75, 3.05) is 23.3 Å². The van der Waals surface area contributed by atoms with Gasteiger partial charge in [0.15, 0.2) is 0 Å². The largest absolute Gasteiger partial charge is 0.391 e. The van der Waals surface area contributed by atoms with Gasteiger partial charge in [0.25, 0.3) is 0 Å². The van der Waals surface area contributed by atoms with Gasteiger partial charge in [-0.15, -0.1) is 0 Å². The van der Waals surface area contributed by atoms with Crippen LogP contribution in [0.2, 0.25) is 0 Å². The van der Waals surface area contributed by atoms with Crippen LogP contribution in [0.15, 0.2) is 30.7 Å². The molecule has 3 rings (SSSR count). The van der Waals surface area contributed by atoms with E-state index in [1.807, 2.05) is 24.4 Å². The summed E-state index contributed by atoms with van der Waals surface area (Å²) in [4.78, 5) is 13.7. The van der Waals surface area contributed by atoms with Gasteiger partial charge in [0.1, 0.15) is 18.0 Å².